The fourth-order valence-electron chi connectivity index (χ4n) is 3.48. The van der Waals surface area contributed by atoms with Crippen LogP contribution in [0.3, 0.4) is 0 Å². The third-order valence-electron chi connectivity index (χ3n) is 4.97. The van der Waals surface area contributed by atoms with Gasteiger partial charge in [0.25, 0.3) is 0 Å². The molecule has 22 heavy (non-hydrogen) atoms. The van der Waals surface area contributed by atoms with Crippen LogP contribution in [0, 0.1) is 0 Å². The van der Waals surface area contributed by atoms with Crippen molar-refractivity contribution in [3.05, 3.63) is 30.1 Å². The van der Waals surface area contributed by atoms with Gasteiger partial charge in [-0.1, -0.05) is 18.9 Å². The van der Waals surface area contributed by atoms with Crippen LogP contribution in [0.5, 0.6) is 0 Å². The Morgan fingerprint density at radius 1 is 1.45 bits per heavy atom. The summed E-state index contributed by atoms with van der Waals surface area (Å²) in [6.07, 6.45) is 8.96. The number of amides is 2. The highest BCUT2D eigenvalue weighted by Gasteiger charge is 2.47. The van der Waals surface area contributed by atoms with Gasteiger partial charge >= 0.3 is 0 Å². The highest BCUT2D eigenvalue weighted by atomic mass is 16.2. The minimum absolute atomic E-state index is 0.00543. The minimum atomic E-state index is -0.741. The molecule has 2 aliphatic rings. The average molecular weight is 301 g/mol. The van der Waals surface area contributed by atoms with Crippen molar-refractivity contribution in [2.45, 2.75) is 63.6 Å². The van der Waals surface area contributed by atoms with Crippen LogP contribution >= 0.6 is 0 Å². The molecule has 1 N–H and O–H groups in total. The Balaban J connectivity index is 1.74. The predicted octanol–water partition coefficient (Wildman–Crippen LogP) is 2.02. The van der Waals surface area contributed by atoms with E-state index in [1.807, 2.05) is 19.1 Å². The maximum Gasteiger partial charge on any atom is 0.245 e. The lowest BCUT2D eigenvalue weighted by atomic mass is 9.96. The first-order valence-electron chi connectivity index (χ1n) is 8.10. The molecular formula is C17H23N3O2. The highest BCUT2D eigenvalue weighted by Crippen LogP contribution is 2.32. The van der Waals surface area contributed by atoms with Crippen molar-refractivity contribution in [2.24, 2.45) is 0 Å². The molecule has 2 amide bonds. The third-order valence-corrected chi connectivity index (χ3v) is 4.97. The molecule has 1 aliphatic heterocycles. The van der Waals surface area contributed by atoms with Crippen molar-refractivity contribution in [2.75, 3.05) is 0 Å². The van der Waals surface area contributed by atoms with Crippen LogP contribution in [0.15, 0.2) is 24.5 Å². The van der Waals surface area contributed by atoms with Gasteiger partial charge in [-0.05, 0) is 37.8 Å². The van der Waals surface area contributed by atoms with Gasteiger partial charge in [0.15, 0.2) is 0 Å². The van der Waals surface area contributed by atoms with Gasteiger partial charge in [0.2, 0.25) is 11.8 Å². The van der Waals surface area contributed by atoms with E-state index in [-0.39, 0.29) is 17.9 Å². The number of nitrogens with one attached hydrogen (secondary N) is 1. The van der Waals surface area contributed by atoms with E-state index in [0.717, 1.165) is 18.4 Å². The Bertz CT molecular complexity index is 554. The van der Waals surface area contributed by atoms with E-state index >= 15 is 0 Å². The SMILES string of the molecule is C[C@]1(C(=O)NC2CCCC2)CCC(=O)N1Cc1cccnc1. The van der Waals surface area contributed by atoms with E-state index in [4.69, 9.17) is 0 Å². The Labute approximate surface area is 131 Å². The lowest BCUT2D eigenvalue weighted by Gasteiger charge is -2.35. The van der Waals surface area contributed by atoms with Crippen LogP contribution in [0.1, 0.15) is 51.0 Å². The first kappa shape index (κ1) is 15.0. The number of rotatable bonds is 4. The Hall–Kier alpha value is -1.91. The summed E-state index contributed by atoms with van der Waals surface area (Å²) in [6.45, 7) is 2.33. The molecule has 2 heterocycles. The molecule has 1 aromatic rings. The maximum atomic E-state index is 12.7. The normalized spacial score (nSPS) is 25.7. The van der Waals surface area contributed by atoms with Crippen LogP contribution in [-0.4, -0.2) is 33.3 Å². The second-order valence-electron chi connectivity index (χ2n) is 6.57. The molecule has 2 fully saturated rings. The van der Waals surface area contributed by atoms with Crippen LogP contribution in [0.25, 0.3) is 0 Å². The summed E-state index contributed by atoms with van der Waals surface area (Å²) in [5.74, 6) is 0.0436. The summed E-state index contributed by atoms with van der Waals surface area (Å²) in [4.78, 5) is 30.8. The fraction of sp³-hybridized carbons (Fsp3) is 0.588. The lowest BCUT2D eigenvalue weighted by Crippen LogP contribution is -2.55. The molecule has 5 nitrogen and oxygen atoms in total. The van der Waals surface area contributed by atoms with Crippen LogP contribution < -0.4 is 5.32 Å². The molecule has 5 heteroatoms. The number of hydrogen-bond donors (Lipinski definition) is 1. The number of aromatic nitrogens is 1. The van der Waals surface area contributed by atoms with Gasteiger partial charge in [-0.25, -0.2) is 0 Å². The zero-order valence-corrected chi connectivity index (χ0v) is 13.0. The van der Waals surface area contributed by atoms with E-state index in [0.29, 0.717) is 19.4 Å². The summed E-state index contributed by atoms with van der Waals surface area (Å²) in [7, 11) is 0. The van der Waals surface area contributed by atoms with Crippen molar-refractivity contribution in [1.29, 1.82) is 0 Å². The van der Waals surface area contributed by atoms with Crippen molar-refractivity contribution in [1.82, 2.24) is 15.2 Å². The van der Waals surface area contributed by atoms with Crippen molar-refractivity contribution in [3.63, 3.8) is 0 Å². The number of likely N-dealkylation sites (tertiary alicyclic amines) is 1. The molecule has 1 aliphatic carbocycles. The molecule has 0 unspecified atom stereocenters. The zero-order valence-electron chi connectivity index (χ0n) is 13.0. The van der Waals surface area contributed by atoms with E-state index in [2.05, 4.69) is 10.3 Å². The van der Waals surface area contributed by atoms with Crippen LogP contribution in [0.4, 0.5) is 0 Å². The van der Waals surface area contributed by atoms with E-state index in [1.165, 1.54) is 12.8 Å². The molecule has 1 saturated heterocycles. The molecule has 0 spiro atoms. The standard InChI is InChI=1S/C17H23N3O2/c1-17(16(22)19-14-6-2-3-7-14)9-8-15(21)20(17)12-13-5-4-10-18-11-13/h4-5,10-11,14H,2-3,6-9,12H2,1H3,(H,19,22)/t17-/m1/s1. The monoisotopic (exact) mass is 301 g/mol. The van der Waals surface area contributed by atoms with Gasteiger partial charge in [0.05, 0.1) is 0 Å². The minimum Gasteiger partial charge on any atom is -0.351 e. The molecule has 0 radical (unpaired) electrons. The van der Waals surface area contributed by atoms with Crippen molar-refractivity contribution >= 4 is 11.8 Å². The van der Waals surface area contributed by atoms with E-state index in [9.17, 15) is 9.59 Å². The molecule has 118 valence electrons. The Kier molecular flexibility index (Phi) is 4.14. The van der Waals surface area contributed by atoms with Gasteiger partial charge in [-0.2, -0.15) is 0 Å². The maximum absolute atomic E-state index is 12.7. The fourth-order valence-corrected chi connectivity index (χ4v) is 3.48. The Morgan fingerprint density at radius 2 is 2.23 bits per heavy atom. The second kappa shape index (κ2) is 6.07. The largest absolute Gasteiger partial charge is 0.351 e. The molecule has 1 aromatic heterocycles. The first-order chi connectivity index (χ1) is 10.6. The summed E-state index contributed by atoms with van der Waals surface area (Å²) >= 11 is 0. The summed E-state index contributed by atoms with van der Waals surface area (Å²) in [5.41, 5.74) is 0.216. The van der Waals surface area contributed by atoms with E-state index < -0.39 is 5.54 Å². The van der Waals surface area contributed by atoms with Crippen molar-refractivity contribution in [3.8, 4) is 0 Å². The topological polar surface area (TPSA) is 62.3 Å². The molecule has 0 aromatic carbocycles. The average Bonchev–Trinajstić information content (AvgIpc) is 3.12. The highest BCUT2D eigenvalue weighted by molar-refractivity contribution is 5.94. The van der Waals surface area contributed by atoms with Gasteiger partial charge in [-0.3, -0.25) is 14.6 Å². The quantitative estimate of drug-likeness (QED) is 0.925. The molecule has 3 rings (SSSR count). The van der Waals surface area contributed by atoms with Gasteiger partial charge in [0, 0.05) is 31.4 Å². The summed E-state index contributed by atoms with van der Waals surface area (Å²) < 4.78 is 0. The summed E-state index contributed by atoms with van der Waals surface area (Å²) in [6, 6.07) is 4.07. The number of pyridine rings is 1. The smallest absolute Gasteiger partial charge is 0.245 e. The molecule has 1 atom stereocenters. The van der Waals surface area contributed by atoms with Gasteiger partial charge < -0.3 is 10.2 Å². The zero-order chi connectivity index (χ0) is 15.6. The Morgan fingerprint density at radius 3 is 2.91 bits per heavy atom. The number of carbonyl (C=O) groups excluding carboxylic acids is 2. The van der Waals surface area contributed by atoms with Crippen LogP contribution in [-0.2, 0) is 16.1 Å². The van der Waals surface area contributed by atoms with Gasteiger partial charge in [-0.15, -0.1) is 0 Å². The number of nitrogens with zero attached hydrogens (tertiary/aromatic N) is 2. The lowest BCUT2D eigenvalue weighted by molar-refractivity contribution is -0.141. The molecule has 0 bridgehead atoms. The van der Waals surface area contributed by atoms with Crippen LogP contribution in [0.2, 0.25) is 0 Å². The number of hydrogen-bond acceptors (Lipinski definition) is 3. The predicted molar refractivity (Wildman–Crippen MR) is 82.8 cm³/mol. The van der Waals surface area contributed by atoms with E-state index in [1.54, 1.807) is 17.3 Å². The molecular weight excluding hydrogens is 278 g/mol. The van der Waals surface area contributed by atoms with Crippen molar-refractivity contribution < 1.29 is 9.59 Å². The third kappa shape index (κ3) is 2.85. The second-order valence-corrected chi connectivity index (χ2v) is 6.57. The summed E-state index contributed by atoms with van der Waals surface area (Å²) in [5, 5.41) is 3.15. The molecule has 1 saturated carbocycles. The van der Waals surface area contributed by atoms with Gasteiger partial charge in [0.1, 0.15) is 5.54 Å². The first-order valence-corrected chi connectivity index (χ1v) is 8.10. The number of carbonyl (C=O) groups is 2.